The first-order valence-corrected chi connectivity index (χ1v) is 32.0. The fourth-order valence-corrected chi connectivity index (χ4v) is 10.8. The quantitative estimate of drug-likeness (QED) is 0.0197. The molecule has 488 valence electrons. The van der Waals surface area contributed by atoms with Gasteiger partial charge in [-0.1, -0.05) is 57.2 Å². The number of aliphatic hydroxyl groups is 1. The lowest BCUT2D eigenvalue weighted by atomic mass is 9.83. The van der Waals surface area contributed by atoms with Crippen LogP contribution in [0, 0.1) is 23.7 Å². The maximum Gasteiger partial charge on any atom is 0.293 e. The Balaban J connectivity index is 1.17. The Labute approximate surface area is 509 Å². The fourth-order valence-electron chi connectivity index (χ4n) is 10.8. The minimum Gasteiger partial charge on any atom is -0.465 e. The molecule has 0 aromatic heterocycles. The van der Waals surface area contributed by atoms with Crippen LogP contribution in [0.3, 0.4) is 0 Å². The van der Waals surface area contributed by atoms with E-state index in [4.69, 9.17) is 56.8 Å². The van der Waals surface area contributed by atoms with Crippen LogP contribution in [0.25, 0.3) is 0 Å². The Hall–Kier alpha value is -3.57. The maximum atomic E-state index is 13.2. The van der Waals surface area contributed by atoms with Crippen LogP contribution in [0.2, 0.25) is 0 Å². The molecule has 0 aromatic carbocycles. The average Bonchev–Trinajstić information content (AvgIpc) is 3.61. The molecule has 19 nitrogen and oxygen atoms in total. The number of rotatable bonds is 52. The lowest BCUT2D eigenvalue weighted by Crippen LogP contribution is -2.46. The number of hydrogen-bond donors (Lipinski definition) is 1. The van der Waals surface area contributed by atoms with Crippen LogP contribution in [-0.2, 0) is 80.8 Å². The highest BCUT2D eigenvalue weighted by molar-refractivity contribution is 6.37. The van der Waals surface area contributed by atoms with E-state index in [2.05, 4.69) is 19.9 Å². The van der Waals surface area contributed by atoms with Crippen molar-refractivity contribution in [3.05, 3.63) is 47.6 Å². The number of methoxy groups -OCH3 is 1. The number of aliphatic hydroxyl groups excluding tert-OH is 1. The lowest BCUT2D eigenvalue weighted by Gasteiger charge is -2.33. The second kappa shape index (κ2) is 49.3. The Morgan fingerprint density at radius 1 is 0.624 bits per heavy atom. The summed E-state index contributed by atoms with van der Waals surface area (Å²) >= 11 is 0. The van der Waals surface area contributed by atoms with Gasteiger partial charge < -0.3 is 71.6 Å². The van der Waals surface area contributed by atoms with E-state index < -0.39 is 23.9 Å². The van der Waals surface area contributed by atoms with Crippen LogP contribution in [0.15, 0.2) is 47.6 Å². The van der Waals surface area contributed by atoms with Crippen molar-refractivity contribution in [1.29, 1.82) is 0 Å². The van der Waals surface area contributed by atoms with E-state index in [1.165, 1.54) is 0 Å². The molecule has 0 radical (unpaired) electrons. The summed E-state index contributed by atoms with van der Waals surface area (Å²) in [6.07, 6.45) is 25.6. The van der Waals surface area contributed by atoms with Crippen molar-refractivity contribution < 1.29 is 85.9 Å². The molecule has 8 unspecified atom stereocenters. The summed E-state index contributed by atoms with van der Waals surface area (Å²) in [5.41, 5.74) is 1.81. The molecule has 2 aliphatic heterocycles. The molecule has 3 fully saturated rings. The summed E-state index contributed by atoms with van der Waals surface area (Å²) in [5, 5.41) is 11.0. The summed E-state index contributed by atoms with van der Waals surface area (Å²) < 4.78 is 67.6. The van der Waals surface area contributed by atoms with Gasteiger partial charge in [-0.25, -0.2) is 0 Å². The summed E-state index contributed by atoms with van der Waals surface area (Å²) in [6.45, 7) is 20.1. The van der Waals surface area contributed by atoms with Crippen LogP contribution in [-0.4, -0.2) is 209 Å². The normalized spacial score (nSPS) is 21.2. The van der Waals surface area contributed by atoms with Gasteiger partial charge in [0.2, 0.25) is 5.78 Å². The van der Waals surface area contributed by atoms with Crippen LogP contribution < -0.4 is 0 Å². The number of hydrogen-bond acceptors (Lipinski definition) is 18. The standard InChI is InChI=1S/C66H111NO18/c1-52(15-9-7-10-16-54(3)64(74-6)49-60-17-13-18-63(85-60)65(72)66(73)67-27-11-8-12-28-67)47-55(4)61(70)50-62(71)56(5)48-53(2)19-23-59(84-51-69)26-22-57-20-24-58(25-21-57)83-46-45-82-44-43-81-42-41-80-40-39-79-38-37-78-36-35-77-34-33-76-32-31-75-30-14-29-68/h7,9-10,15-16,29,48,51-53,55,57-60,62-64,71H,8,11-14,17-28,30-47,49-50H2,1-6H3/b10-7+,15-9+,54-16+,56-48+. The first-order chi connectivity index (χ1) is 41.3. The predicted octanol–water partition coefficient (Wildman–Crippen LogP) is 8.93. The third-order valence-corrected chi connectivity index (χ3v) is 16.0. The molecule has 0 aromatic rings. The molecule has 1 aliphatic carbocycles. The van der Waals surface area contributed by atoms with Gasteiger partial charge in [-0.2, -0.15) is 0 Å². The molecule has 1 saturated carbocycles. The van der Waals surface area contributed by atoms with E-state index in [1.54, 1.807) is 12.0 Å². The van der Waals surface area contributed by atoms with E-state index in [-0.39, 0.29) is 54.4 Å². The fraction of sp³-hybridized carbons (Fsp3) is 0.803. The Morgan fingerprint density at radius 2 is 1.19 bits per heavy atom. The number of carbonyl (C=O) groups excluding carboxylic acids is 5. The molecular formula is C66H111NO18. The highest BCUT2D eigenvalue weighted by Crippen LogP contribution is 2.31. The van der Waals surface area contributed by atoms with Gasteiger partial charge in [0.25, 0.3) is 12.4 Å². The van der Waals surface area contributed by atoms with Crippen LogP contribution in [0.4, 0.5) is 0 Å². The van der Waals surface area contributed by atoms with E-state index in [0.29, 0.717) is 163 Å². The molecule has 0 spiro atoms. The van der Waals surface area contributed by atoms with E-state index in [9.17, 15) is 29.1 Å². The molecule has 1 amide bonds. The van der Waals surface area contributed by atoms with Gasteiger partial charge >= 0.3 is 0 Å². The van der Waals surface area contributed by atoms with Crippen molar-refractivity contribution in [1.82, 2.24) is 4.90 Å². The molecule has 3 rings (SSSR count). The minimum absolute atomic E-state index is 0.0362. The van der Waals surface area contributed by atoms with Gasteiger partial charge in [-0.15, -0.1) is 0 Å². The number of piperidine rings is 1. The summed E-state index contributed by atoms with van der Waals surface area (Å²) in [5.74, 6) is -0.125. The average molecular weight is 1210 g/mol. The molecule has 3 aliphatic rings. The lowest BCUT2D eigenvalue weighted by molar-refractivity contribution is -0.157. The molecule has 85 heavy (non-hydrogen) atoms. The number of carbonyl (C=O) groups is 5. The molecule has 0 bridgehead atoms. The van der Waals surface area contributed by atoms with Crippen molar-refractivity contribution in [2.24, 2.45) is 23.7 Å². The highest BCUT2D eigenvalue weighted by Gasteiger charge is 2.35. The van der Waals surface area contributed by atoms with Gasteiger partial charge in [-0.05, 0) is 139 Å². The number of allylic oxidation sites excluding steroid dienone is 6. The zero-order valence-corrected chi connectivity index (χ0v) is 52.9. The Kier molecular flexibility index (Phi) is 43.9. The van der Waals surface area contributed by atoms with Crippen molar-refractivity contribution in [3.8, 4) is 0 Å². The molecule has 8 atom stereocenters. The number of likely N-dealkylation sites (tertiary alicyclic amines) is 1. The van der Waals surface area contributed by atoms with Crippen LogP contribution >= 0.6 is 0 Å². The zero-order chi connectivity index (χ0) is 61.5. The molecule has 2 heterocycles. The predicted molar refractivity (Wildman–Crippen MR) is 325 cm³/mol. The Morgan fingerprint density at radius 3 is 1.74 bits per heavy atom. The largest absolute Gasteiger partial charge is 0.465 e. The second-order valence-corrected chi connectivity index (χ2v) is 23.1. The number of Topliss-reactive ketones (excluding diaryl/α,β-unsaturated/α-hetero) is 2. The Bertz CT molecular complexity index is 1880. The first kappa shape index (κ1) is 75.7. The minimum atomic E-state index is -0.850. The van der Waals surface area contributed by atoms with Crippen molar-refractivity contribution >= 4 is 30.2 Å². The number of amides is 1. The third kappa shape index (κ3) is 36.5. The van der Waals surface area contributed by atoms with Gasteiger partial charge in [0.1, 0.15) is 24.3 Å². The maximum absolute atomic E-state index is 13.2. The highest BCUT2D eigenvalue weighted by atomic mass is 16.6. The smallest absolute Gasteiger partial charge is 0.293 e. The molecule has 2 saturated heterocycles. The van der Waals surface area contributed by atoms with E-state index in [0.717, 1.165) is 101 Å². The molecular weight excluding hydrogens is 1090 g/mol. The van der Waals surface area contributed by atoms with E-state index in [1.807, 2.05) is 51.2 Å². The van der Waals surface area contributed by atoms with Crippen molar-refractivity contribution in [2.45, 2.75) is 187 Å². The summed E-state index contributed by atoms with van der Waals surface area (Å²) in [6, 6.07) is 0. The number of ketones is 2. The van der Waals surface area contributed by atoms with Gasteiger partial charge in [-0.3, -0.25) is 19.2 Å². The van der Waals surface area contributed by atoms with E-state index >= 15 is 0 Å². The summed E-state index contributed by atoms with van der Waals surface area (Å²) in [4.78, 5) is 62.5. The molecule has 19 heteroatoms. The second-order valence-electron chi connectivity index (χ2n) is 23.1. The number of nitrogens with zero attached hydrogens (tertiary/aromatic N) is 1. The van der Waals surface area contributed by atoms with Crippen LogP contribution in [0.1, 0.15) is 150 Å². The zero-order valence-electron chi connectivity index (χ0n) is 52.9. The first-order valence-electron chi connectivity index (χ1n) is 32.0. The van der Waals surface area contributed by atoms with Gasteiger partial charge in [0.05, 0.1) is 137 Å². The monoisotopic (exact) mass is 1210 g/mol. The summed E-state index contributed by atoms with van der Waals surface area (Å²) in [7, 11) is 1.68. The van der Waals surface area contributed by atoms with Gasteiger partial charge in [0.15, 0.2) is 0 Å². The number of ether oxygens (including phenoxy) is 12. The van der Waals surface area contributed by atoms with Crippen molar-refractivity contribution in [3.63, 3.8) is 0 Å². The number of aldehydes is 1. The SMILES string of the molecule is COC(CC1CCCC(C(=O)C(=O)N2CCCCC2)O1)/C(C)=C/C=C/C=C/C(C)CC(C)C(=O)CC(O)/C(C)=C/C(C)CCC(CCC1CCC(OCCOCCOCCOCCOCCOCCOCCOCCOCCC=O)CC1)OC=O. The van der Waals surface area contributed by atoms with Gasteiger partial charge in [0, 0.05) is 45.4 Å². The van der Waals surface area contributed by atoms with Crippen LogP contribution in [0.5, 0.6) is 0 Å². The third-order valence-electron chi connectivity index (χ3n) is 16.0. The topological polar surface area (TPSA) is 220 Å². The van der Waals surface area contributed by atoms with Crippen molar-refractivity contribution in [2.75, 3.05) is 133 Å². The molecule has 1 N–H and O–H groups in total.